The van der Waals surface area contributed by atoms with Crippen LogP contribution in [0, 0.1) is 6.92 Å². The Hall–Kier alpha value is -1.51. The van der Waals surface area contributed by atoms with Crippen LogP contribution >= 0.6 is 0 Å². The van der Waals surface area contributed by atoms with Crippen LogP contribution < -0.4 is 0 Å². The van der Waals surface area contributed by atoms with E-state index < -0.39 is 5.60 Å². The van der Waals surface area contributed by atoms with Gasteiger partial charge in [0.05, 0.1) is 6.54 Å². The maximum absolute atomic E-state index is 11.7. The maximum Gasteiger partial charge on any atom is 0.410 e. The molecule has 1 aromatic rings. The number of likely N-dealkylation sites (N-methyl/N-ethyl adjacent to an activating group) is 1. The van der Waals surface area contributed by atoms with Gasteiger partial charge in [-0.3, -0.25) is 0 Å². The molecule has 1 aliphatic rings. The van der Waals surface area contributed by atoms with Crippen molar-refractivity contribution in [1.29, 1.82) is 0 Å². The molecule has 3 nitrogen and oxygen atoms in total. The molecule has 1 aliphatic heterocycles. The number of cyclic esters (lactones) is 1. The second kappa shape index (κ2) is 4.26. The van der Waals surface area contributed by atoms with Crippen molar-refractivity contribution in [2.45, 2.75) is 45.6 Å². The summed E-state index contributed by atoms with van der Waals surface area (Å²) < 4.78 is 5.58. The Balaban J connectivity index is 2.48. The van der Waals surface area contributed by atoms with E-state index >= 15 is 0 Å². The van der Waals surface area contributed by atoms with Gasteiger partial charge < -0.3 is 9.64 Å². The minimum Gasteiger partial charge on any atom is -0.436 e. The average molecular weight is 261 g/mol. The molecule has 1 heterocycles. The van der Waals surface area contributed by atoms with Crippen LogP contribution in [0.15, 0.2) is 18.2 Å². The number of benzene rings is 1. The summed E-state index contributed by atoms with van der Waals surface area (Å²) in [4.78, 5) is 13.3. The number of carbonyl (C=O) groups is 1. The quantitative estimate of drug-likeness (QED) is 0.773. The molecule has 1 saturated heterocycles. The van der Waals surface area contributed by atoms with Gasteiger partial charge in [0.1, 0.15) is 0 Å². The minimum absolute atomic E-state index is 0.0906. The first-order valence-electron chi connectivity index (χ1n) is 6.69. The predicted molar refractivity (Wildman–Crippen MR) is 76.3 cm³/mol. The van der Waals surface area contributed by atoms with Crippen molar-refractivity contribution in [3.8, 4) is 0 Å². The molecule has 0 spiro atoms. The smallest absolute Gasteiger partial charge is 0.410 e. The summed E-state index contributed by atoms with van der Waals surface area (Å²) in [7, 11) is 1.77. The number of rotatable bonds is 1. The molecule has 104 valence electrons. The number of nitrogens with zero attached hydrogens (tertiary/aromatic N) is 1. The van der Waals surface area contributed by atoms with Crippen molar-refractivity contribution in [2.24, 2.45) is 0 Å². The molecule has 0 aliphatic carbocycles. The number of ether oxygens (including phenoxy) is 1. The molecule has 2 rings (SSSR count). The number of amides is 1. The first-order valence-corrected chi connectivity index (χ1v) is 6.69. The van der Waals surface area contributed by atoms with E-state index in [1.807, 2.05) is 6.92 Å². The standard InChI is InChI=1S/C16H23NO2/c1-11-7-8-12(15(2,3)4)9-13(11)16(5)10-17(6)14(18)19-16/h7-9H,10H2,1-6H3. The van der Waals surface area contributed by atoms with Crippen LogP contribution in [-0.2, 0) is 15.8 Å². The monoisotopic (exact) mass is 261 g/mol. The predicted octanol–water partition coefficient (Wildman–Crippen LogP) is 3.59. The zero-order valence-electron chi connectivity index (χ0n) is 12.7. The maximum atomic E-state index is 11.7. The van der Waals surface area contributed by atoms with Gasteiger partial charge in [0.15, 0.2) is 5.60 Å². The van der Waals surface area contributed by atoms with Gasteiger partial charge in [-0.2, -0.15) is 0 Å². The SMILES string of the molecule is Cc1ccc(C(C)(C)C)cc1C1(C)CN(C)C(=O)O1. The molecule has 3 heteroatoms. The first kappa shape index (κ1) is 13.9. The molecule has 1 fully saturated rings. The van der Waals surface area contributed by atoms with E-state index in [9.17, 15) is 4.79 Å². The Labute approximate surface area is 115 Å². The van der Waals surface area contributed by atoms with Crippen LogP contribution in [-0.4, -0.2) is 24.6 Å². The van der Waals surface area contributed by atoms with Crippen LogP contribution in [0.3, 0.4) is 0 Å². The lowest BCUT2D eigenvalue weighted by molar-refractivity contribution is 0.0695. The fourth-order valence-electron chi connectivity index (χ4n) is 2.62. The molecule has 1 amide bonds. The fourth-order valence-corrected chi connectivity index (χ4v) is 2.62. The van der Waals surface area contributed by atoms with Crippen molar-refractivity contribution in [2.75, 3.05) is 13.6 Å². The van der Waals surface area contributed by atoms with Crippen LogP contribution in [0.25, 0.3) is 0 Å². The number of hydrogen-bond acceptors (Lipinski definition) is 2. The zero-order chi connectivity index (χ0) is 14.4. The van der Waals surface area contributed by atoms with E-state index in [0.29, 0.717) is 6.54 Å². The molecular formula is C16H23NO2. The first-order chi connectivity index (χ1) is 8.63. The molecule has 0 saturated carbocycles. The van der Waals surface area contributed by atoms with Gasteiger partial charge in [0.25, 0.3) is 0 Å². The minimum atomic E-state index is -0.544. The molecule has 0 radical (unpaired) electrons. The summed E-state index contributed by atoms with van der Waals surface area (Å²) in [6.07, 6.45) is -0.247. The molecule has 0 aromatic heterocycles. The number of carbonyl (C=O) groups excluding carboxylic acids is 1. The van der Waals surface area contributed by atoms with Crippen molar-refractivity contribution in [1.82, 2.24) is 4.90 Å². The Bertz CT molecular complexity index is 516. The summed E-state index contributed by atoms with van der Waals surface area (Å²) in [6.45, 7) is 11.2. The summed E-state index contributed by atoms with van der Waals surface area (Å²) >= 11 is 0. The Morgan fingerprint density at radius 3 is 2.42 bits per heavy atom. The van der Waals surface area contributed by atoms with Gasteiger partial charge in [-0.15, -0.1) is 0 Å². The Morgan fingerprint density at radius 1 is 1.32 bits per heavy atom. The van der Waals surface area contributed by atoms with E-state index in [2.05, 4.69) is 45.9 Å². The van der Waals surface area contributed by atoms with Crippen LogP contribution in [0.1, 0.15) is 44.4 Å². The molecular weight excluding hydrogens is 238 g/mol. The van der Waals surface area contributed by atoms with Gasteiger partial charge >= 0.3 is 6.09 Å². The van der Waals surface area contributed by atoms with E-state index in [-0.39, 0.29) is 11.5 Å². The van der Waals surface area contributed by atoms with E-state index in [4.69, 9.17) is 4.74 Å². The third-order valence-corrected chi connectivity index (χ3v) is 3.84. The fraction of sp³-hybridized carbons (Fsp3) is 0.562. The lowest BCUT2D eigenvalue weighted by Crippen LogP contribution is -2.28. The highest BCUT2D eigenvalue weighted by Gasteiger charge is 2.42. The van der Waals surface area contributed by atoms with E-state index in [1.54, 1.807) is 11.9 Å². The average Bonchev–Trinajstić information content (AvgIpc) is 2.52. The van der Waals surface area contributed by atoms with Crippen LogP contribution in [0.2, 0.25) is 0 Å². The van der Waals surface area contributed by atoms with Crippen LogP contribution in [0.4, 0.5) is 4.79 Å². The summed E-state index contributed by atoms with van der Waals surface area (Å²) in [6, 6.07) is 6.46. The van der Waals surface area contributed by atoms with E-state index in [0.717, 1.165) is 5.56 Å². The second-order valence-electron chi connectivity index (χ2n) is 6.73. The van der Waals surface area contributed by atoms with Crippen LogP contribution in [0.5, 0.6) is 0 Å². The largest absolute Gasteiger partial charge is 0.436 e. The third-order valence-electron chi connectivity index (χ3n) is 3.84. The van der Waals surface area contributed by atoms with Gasteiger partial charge in [-0.1, -0.05) is 39.0 Å². The topological polar surface area (TPSA) is 29.5 Å². The van der Waals surface area contributed by atoms with Gasteiger partial charge in [-0.25, -0.2) is 4.79 Å². The van der Waals surface area contributed by atoms with Gasteiger partial charge in [0.2, 0.25) is 0 Å². The highest BCUT2D eigenvalue weighted by atomic mass is 16.6. The Morgan fingerprint density at radius 2 is 1.95 bits per heavy atom. The molecule has 0 N–H and O–H groups in total. The van der Waals surface area contributed by atoms with Crippen molar-refractivity contribution >= 4 is 6.09 Å². The van der Waals surface area contributed by atoms with E-state index in [1.165, 1.54) is 11.1 Å². The molecule has 19 heavy (non-hydrogen) atoms. The number of aryl methyl sites for hydroxylation is 1. The highest BCUT2D eigenvalue weighted by molar-refractivity contribution is 5.71. The zero-order valence-corrected chi connectivity index (χ0v) is 12.7. The molecule has 1 atom stereocenters. The third kappa shape index (κ3) is 2.46. The summed E-state index contributed by atoms with van der Waals surface area (Å²) in [5, 5.41) is 0. The van der Waals surface area contributed by atoms with Gasteiger partial charge in [0, 0.05) is 12.6 Å². The summed E-state index contributed by atoms with van der Waals surface area (Å²) in [5.41, 5.74) is 3.08. The molecule has 1 aromatic carbocycles. The number of hydrogen-bond donors (Lipinski definition) is 0. The van der Waals surface area contributed by atoms with Gasteiger partial charge in [-0.05, 0) is 30.4 Å². The normalized spacial score (nSPS) is 23.7. The Kier molecular flexibility index (Phi) is 3.12. The lowest BCUT2D eigenvalue weighted by Gasteiger charge is -2.27. The molecule has 1 unspecified atom stereocenters. The van der Waals surface area contributed by atoms with Crippen molar-refractivity contribution in [3.63, 3.8) is 0 Å². The van der Waals surface area contributed by atoms with Crippen molar-refractivity contribution in [3.05, 3.63) is 34.9 Å². The molecule has 0 bridgehead atoms. The highest BCUT2D eigenvalue weighted by Crippen LogP contribution is 2.36. The summed E-state index contributed by atoms with van der Waals surface area (Å²) in [5.74, 6) is 0. The van der Waals surface area contributed by atoms with Crippen molar-refractivity contribution < 1.29 is 9.53 Å². The lowest BCUT2D eigenvalue weighted by atomic mass is 9.82. The second-order valence-corrected chi connectivity index (χ2v) is 6.73.